The second-order valence-corrected chi connectivity index (χ2v) is 6.85. The van der Waals surface area contributed by atoms with Crippen LogP contribution < -0.4 is 5.69 Å². The molecule has 3 aromatic rings. The van der Waals surface area contributed by atoms with Crippen molar-refractivity contribution in [1.29, 1.82) is 0 Å². The van der Waals surface area contributed by atoms with Crippen molar-refractivity contribution >= 4 is 34.2 Å². The maximum atomic E-state index is 12.7. The van der Waals surface area contributed by atoms with Crippen LogP contribution in [-0.2, 0) is 0 Å². The van der Waals surface area contributed by atoms with Crippen molar-refractivity contribution in [3.63, 3.8) is 0 Å². The van der Waals surface area contributed by atoms with Gasteiger partial charge in [0, 0.05) is 31.7 Å². The molecule has 2 N–H and O–H groups in total. The van der Waals surface area contributed by atoms with Crippen LogP contribution in [0, 0.1) is 0 Å². The number of carbonyl (C=O) groups excluding carboxylic acids is 2. The van der Waals surface area contributed by atoms with Gasteiger partial charge in [0.05, 0.1) is 15.9 Å². The fourth-order valence-corrected chi connectivity index (χ4v) is 3.71. The van der Waals surface area contributed by atoms with Gasteiger partial charge in [0.2, 0.25) is 0 Å². The van der Waals surface area contributed by atoms with E-state index in [1.807, 2.05) is 17.5 Å². The smallest absolute Gasteiger partial charge is 0.323 e. The van der Waals surface area contributed by atoms with Crippen molar-refractivity contribution in [1.82, 2.24) is 19.8 Å². The average molecular weight is 356 g/mol. The summed E-state index contributed by atoms with van der Waals surface area (Å²) in [6.45, 7) is 2.03. The lowest BCUT2D eigenvalue weighted by Crippen LogP contribution is -2.50. The summed E-state index contributed by atoms with van der Waals surface area (Å²) in [5.41, 5.74) is 1.52. The quantitative estimate of drug-likeness (QED) is 0.729. The molecule has 3 heterocycles. The number of nitrogens with one attached hydrogen (secondary N) is 2. The molecule has 0 spiro atoms. The molecule has 8 heteroatoms. The molecule has 128 valence electrons. The van der Waals surface area contributed by atoms with Crippen molar-refractivity contribution in [2.24, 2.45) is 0 Å². The molecule has 0 saturated carbocycles. The van der Waals surface area contributed by atoms with E-state index in [0.717, 1.165) is 4.88 Å². The topological polar surface area (TPSA) is 89.3 Å². The van der Waals surface area contributed by atoms with E-state index in [9.17, 15) is 14.4 Å². The number of carbonyl (C=O) groups is 2. The molecule has 0 atom stereocenters. The Labute approximate surface area is 146 Å². The summed E-state index contributed by atoms with van der Waals surface area (Å²) in [7, 11) is 0. The molecule has 2 amide bonds. The van der Waals surface area contributed by atoms with E-state index in [0.29, 0.717) is 42.8 Å². The Hall–Kier alpha value is -2.87. The minimum atomic E-state index is -0.291. The monoisotopic (exact) mass is 356 g/mol. The normalized spacial score (nSPS) is 14.9. The highest BCUT2D eigenvalue weighted by atomic mass is 32.1. The number of benzene rings is 1. The van der Waals surface area contributed by atoms with Crippen molar-refractivity contribution < 1.29 is 9.59 Å². The van der Waals surface area contributed by atoms with Gasteiger partial charge in [-0.1, -0.05) is 6.07 Å². The highest BCUT2D eigenvalue weighted by molar-refractivity contribution is 7.12. The van der Waals surface area contributed by atoms with Gasteiger partial charge < -0.3 is 19.8 Å². The van der Waals surface area contributed by atoms with E-state index >= 15 is 0 Å². The minimum absolute atomic E-state index is 0.0217. The minimum Gasteiger partial charge on any atom is -0.335 e. The maximum absolute atomic E-state index is 12.7. The first-order valence-electron chi connectivity index (χ1n) is 7.96. The summed E-state index contributed by atoms with van der Waals surface area (Å²) >= 11 is 1.43. The summed E-state index contributed by atoms with van der Waals surface area (Å²) in [5, 5.41) is 1.88. The number of amides is 2. The van der Waals surface area contributed by atoms with Crippen LogP contribution in [-0.4, -0.2) is 57.8 Å². The summed E-state index contributed by atoms with van der Waals surface area (Å²) in [4.78, 5) is 45.9. The lowest BCUT2D eigenvalue weighted by Gasteiger charge is -2.34. The number of hydrogen-bond acceptors (Lipinski definition) is 4. The molecule has 0 radical (unpaired) electrons. The van der Waals surface area contributed by atoms with Gasteiger partial charge in [-0.05, 0) is 29.6 Å². The molecule has 2 aromatic heterocycles. The molecule has 1 fully saturated rings. The number of rotatable bonds is 2. The zero-order valence-electron chi connectivity index (χ0n) is 13.3. The van der Waals surface area contributed by atoms with Gasteiger partial charge in [-0.3, -0.25) is 9.59 Å². The Morgan fingerprint density at radius 1 is 0.920 bits per heavy atom. The molecule has 1 aliphatic rings. The summed E-state index contributed by atoms with van der Waals surface area (Å²) < 4.78 is 0. The van der Waals surface area contributed by atoms with Crippen LogP contribution in [0.1, 0.15) is 20.0 Å². The molecule has 1 aliphatic heterocycles. The van der Waals surface area contributed by atoms with Crippen LogP contribution in [0.4, 0.5) is 0 Å². The highest BCUT2D eigenvalue weighted by Crippen LogP contribution is 2.16. The number of aromatic nitrogens is 2. The van der Waals surface area contributed by atoms with E-state index in [-0.39, 0.29) is 17.5 Å². The van der Waals surface area contributed by atoms with E-state index in [1.165, 1.54) is 11.3 Å². The Morgan fingerprint density at radius 2 is 1.60 bits per heavy atom. The third-order valence-electron chi connectivity index (χ3n) is 4.35. The van der Waals surface area contributed by atoms with Crippen LogP contribution in [0.3, 0.4) is 0 Å². The van der Waals surface area contributed by atoms with E-state index in [2.05, 4.69) is 9.97 Å². The molecule has 0 bridgehead atoms. The Kier molecular flexibility index (Phi) is 3.89. The number of fused-ring (bicyclic) bond motifs is 1. The van der Waals surface area contributed by atoms with Gasteiger partial charge in [0.1, 0.15) is 0 Å². The van der Waals surface area contributed by atoms with Gasteiger partial charge in [-0.15, -0.1) is 11.3 Å². The van der Waals surface area contributed by atoms with Crippen LogP contribution in [0.5, 0.6) is 0 Å². The number of hydrogen-bond donors (Lipinski definition) is 2. The number of H-pyrrole nitrogens is 2. The Morgan fingerprint density at radius 3 is 2.28 bits per heavy atom. The van der Waals surface area contributed by atoms with Crippen LogP contribution >= 0.6 is 11.3 Å². The molecule has 0 aliphatic carbocycles. The van der Waals surface area contributed by atoms with E-state index < -0.39 is 0 Å². The van der Waals surface area contributed by atoms with Crippen molar-refractivity contribution in [3.05, 3.63) is 56.6 Å². The first kappa shape index (κ1) is 15.6. The first-order chi connectivity index (χ1) is 12.1. The first-order valence-corrected chi connectivity index (χ1v) is 8.84. The van der Waals surface area contributed by atoms with Gasteiger partial charge >= 0.3 is 5.69 Å². The third-order valence-corrected chi connectivity index (χ3v) is 5.21. The second kappa shape index (κ2) is 6.21. The fraction of sp³-hybridized carbons (Fsp3) is 0.235. The van der Waals surface area contributed by atoms with Gasteiger partial charge in [-0.2, -0.15) is 0 Å². The summed E-state index contributed by atoms with van der Waals surface area (Å²) in [5.74, 6) is -0.0689. The third kappa shape index (κ3) is 2.96. The predicted molar refractivity (Wildman–Crippen MR) is 95.0 cm³/mol. The number of imidazole rings is 1. The second-order valence-electron chi connectivity index (χ2n) is 5.90. The maximum Gasteiger partial charge on any atom is 0.323 e. The standard InChI is InChI=1S/C17H16N4O3S/c22-15(11-3-4-12-13(10-11)19-17(24)18-12)20-5-7-21(8-6-20)16(23)14-2-1-9-25-14/h1-4,9-10H,5-8H2,(H2,18,19,24). The highest BCUT2D eigenvalue weighted by Gasteiger charge is 2.26. The molecule has 4 rings (SSSR count). The zero-order valence-corrected chi connectivity index (χ0v) is 14.1. The number of piperazine rings is 1. The molecule has 1 saturated heterocycles. The molecular weight excluding hydrogens is 340 g/mol. The van der Waals surface area contributed by atoms with Crippen LogP contribution in [0.25, 0.3) is 11.0 Å². The number of nitrogens with zero attached hydrogens (tertiary/aromatic N) is 2. The number of aromatic amines is 2. The molecule has 7 nitrogen and oxygen atoms in total. The van der Waals surface area contributed by atoms with E-state index in [1.54, 1.807) is 28.0 Å². The molecule has 25 heavy (non-hydrogen) atoms. The predicted octanol–water partition coefficient (Wildman–Crippen LogP) is 1.52. The van der Waals surface area contributed by atoms with Crippen LogP contribution in [0.2, 0.25) is 0 Å². The van der Waals surface area contributed by atoms with Crippen molar-refractivity contribution in [3.8, 4) is 0 Å². The van der Waals surface area contributed by atoms with Gasteiger partial charge in [0.25, 0.3) is 11.8 Å². The molecular formula is C17H16N4O3S. The van der Waals surface area contributed by atoms with E-state index in [4.69, 9.17) is 0 Å². The zero-order chi connectivity index (χ0) is 17.4. The van der Waals surface area contributed by atoms with Crippen molar-refractivity contribution in [2.75, 3.05) is 26.2 Å². The molecule has 1 aromatic carbocycles. The fourth-order valence-electron chi connectivity index (χ4n) is 3.02. The SMILES string of the molecule is O=C(c1ccc2[nH]c(=O)[nH]c2c1)N1CCN(C(=O)c2cccs2)CC1. The molecule has 0 unspecified atom stereocenters. The van der Waals surface area contributed by atoms with Gasteiger partial charge in [0.15, 0.2) is 0 Å². The van der Waals surface area contributed by atoms with Crippen LogP contribution in [0.15, 0.2) is 40.5 Å². The van der Waals surface area contributed by atoms with Gasteiger partial charge in [-0.25, -0.2) is 4.79 Å². The largest absolute Gasteiger partial charge is 0.335 e. The Balaban J connectivity index is 1.45. The average Bonchev–Trinajstić information content (AvgIpc) is 3.28. The Bertz CT molecular complexity index is 981. The lowest BCUT2D eigenvalue weighted by atomic mass is 10.1. The summed E-state index contributed by atoms with van der Waals surface area (Å²) in [6, 6.07) is 8.78. The summed E-state index contributed by atoms with van der Waals surface area (Å²) in [6.07, 6.45) is 0. The number of thiophene rings is 1. The van der Waals surface area contributed by atoms with Crippen molar-refractivity contribution in [2.45, 2.75) is 0 Å². The lowest BCUT2D eigenvalue weighted by molar-refractivity contribution is 0.0538.